The minimum atomic E-state index is -0.705. The number of ether oxygens (including phenoxy) is 1. The van der Waals surface area contributed by atoms with Crippen LogP contribution in [-0.2, 0) is 4.79 Å². The third kappa shape index (κ3) is 4.02. The molecule has 1 amide bonds. The Kier molecular flexibility index (Phi) is 5.46. The monoisotopic (exact) mass is 419 g/mol. The lowest BCUT2D eigenvalue weighted by molar-refractivity contribution is -0.122. The van der Waals surface area contributed by atoms with E-state index in [4.69, 9.17) is 21.3 Å². The fraction of sp³-hybridized carbons (Fsp3) is 0.167. The number of aromatic nitrogens is 2. The summed E-state index contributed by atoms with van der Waals surface area (Å²) in [5, 5.41) is 3.65. The van der Waals surface area contributed by atoms with E-state index in [1.54, 1.807) is 19.1 Å². The molecule has 1 N–H and O–H groups in total. The quantitative estimate of drug-likeness (QED) is 0.453. The highest BCUT2D eigenvalue weighted by molar-refractivity contribution is 6.30. The fourth-order valence-electron chi connectivity index (χ4n) is 3.27. The van der Waals surface area contributed by atoms with Crippen molar-refractivity contribution in [3.05, 3.63) is 83.0 Å². The molecule has 1 unspecified atom stereocenters. The Bertz CT molecular complexity index is 1220. The number of halogens is 1. The van der Waals surface area contributed by atoms with Crippen LogP contribution in [0, 0.1) is 13.8 Å². The van der Waals surface area contributed by atoms with Crippen LogP contribution in [0.1, 0.15) is 18.1 Å². The number of nitrogens with one attached hydrogen (secondary N) is 1. The van der Waals surface area contributed by atoms with Gasteiger partial charge in [0.05, 0.1) is 0 Å². The zero-order chi connectivity index (χ0) is 21.3. The summed E-state index contributed by atoms with van der Waals surface area (Å²) in [5.74, 6) is 0.984. The normalized spacial score (nSPS) is 12.0. The zero-order valence-corrected chi connectivity index (χ0v) is 17.8. The van der Waals surface area contributed by atoms with Gasteiger partial charge in [-0.15, -0.1) is 0 Å². The molecule has 2 aromatic carbocycles. The first-order valence-electron chi connectivity index (χ1n) is 9.70. The number of benzene rings is 2. The number of amides is 1. The highest BCUT2D eigenvalue weighted by atomic mass is 35.5. The highest BCUT2D eigenvalue weighted by Gasteiger charge is 2.21. The average molecular weight is 420 g/mol. The number of aryl methyl sites for hydroxylation is 2. The van der Waals surface area contributed by atoms with Crippen molar-refractivity contribution in [2.75, 3.05) is 5.32 Å². The number of anilines is 1. The van der Waals surface area contributed by atoms with Crippen molar-refractivity contribution in [1.29, 1.82) is 0 Å². The predicted octanol–water partition coefficient (Wildman–Crippen LogP) is 5.68. The number of fused-ring (bicyclic) bond motifs is 1. The Labute approximate surface area is 180 Å². The van der Waals surface area contributed by atoms with Gasteiger partial charge in [-0.25, -0.2) is 4.98 Å². The van der Waals surface area contributed by atoms with Gasteiger partial charge in [-0.1, -0.05) is 48.0 Å². The van der Waals surface area contributed by atoms with Gasteiger partial charge >= 0.3 is 0 Å². The molecule has 30 heavy (non-hydrogen) atoms. The second-order valence-electron chi connectivity index (χ2n) is 7.27. The van der Waals surface area contributed by atoms with Gasteiger partial charge in [0.15, 0.2) is 6.10 Å². The molecule has 6 heteroatoms. The van der Waals surface area contributed by atoms with Crippen LogP contribution in [0.25, 0.3) is 16.9 Å². The van der Waals surface area contributed by atoms with Crippen molar-refractivity contribution >= 4 is 29.0 Å². The number of carbonyl (C=O) groups excluding carboxylic acids is 1. The molecule has 0 radical (unpaired) electrons. The van der Waals surface area contributed by atoms with Crippen molar-refractivity contribution in [2.24, 2.45) is 0 Å². The molecule has 0 saturated heterocycles. The van der Waals surface area contributed by atoms with Crippen LogP contribution in [-0.4, -0.2) is 21.4 Å². The van der Waals surface area contributed by atoms with Crippen molar-refractivity contribution in [1.82, 2.24) is 9.38 Å². The maximum Gasteiger partial charge on any atom is 0.266 e. The van der Waals surface area contributed by atoms with Gasteiger partial charge in [0.25, 0.3) is 5.91 Å². The Morgan fingerprint density at radius 2 is 1.87 bits per heavy atom. The third-order valence-electron chi connectivity index (χ3n) is 4.87. The number of nitrogens with zero attached hydrogens (tertiary/aromatic N) is 2. The molecule has 0 aliphatic carbocycles. The maximum absolute atomic E-state index is 13.0. The summed E-state index contributed by atoms with van der Waals surface area (Å²) >= 11 is 6.01. The number of imidazole rings is 1. The molecule has 4 aromatic rings. The van der Waals surface area contributed by atoms with Crippen LogP contribution in [0.3, 0.4) is 0 Å². The zero-order valence-electron chi connectivity index (χ0n) is 17.0. The minimum absolute atomic E-state index is 0.259. The Morgan fingerprint density at radius 3 is 2.60 bits per heavy atom. The van der Waals surface area contributed by atoms with Crippen LogP contribution in [0.5, 0.6) is 5.75 Å². The van der Waals surface area contributed by atoms with E-state index in [-0.39, 0.29) is 5.91 Å². The van der Waals surface area contributed by atoms with Gasteiger partial charge in [-0.3, -0.25) is 9.20 Å². The molecule has 2 aromatic heterocycles. The molecule has 2 heterocycles. The Morgan fingerprint density at radius 1 is 1.10 bits per heavy atom. The molecule has 0 saturated carbocycles. The second kappa shape index (κ2) is 8.20. The minimum Gasteiger partial charge on any atom is -0.481 e. The van der Waals surface area contributed by atoms with Gasteiger partial charge in [0.1, 0.15) is 22.9 Å². The van der Waals surface area contributed by atoms with E-state index < -0.39 is 6.10 Å². The average Bonchev–Trinajstić information content (AvgIpc) is 3.08. The van der Waals surface area contributed by atoms with E-state index in [1.807, 2.05) is 73.0 Å². The SMILES string of the molecule is Cc1ccc2nc(-c3ccccc3)c(NC(=O)C(C)Oc3ccc(Cl)cc3C)n2c1. The lowest BCUT2D eigenvalue weighted by Gasteiger charge is -2.17. The Balaban J connectivity index is 1.66. The first-order chi connectivity index (χ1) is 14.4. The molecule has 152 valence electrons. The van der Waals surface area contributed by atoms with Crippen LogP contribution in [0.4, 0.5) is 5.82 Å². The van der Waals surface area contributed by atoms with Gasteiger partial charge in [0, 0.05) is 16.8 Å². The smallest absolute Gasteiger partial charge is 0.266 e. The summed E-state index contributed by atoms with van der Waals surface area (Å²) in [6.45, 7) is 5.62. The molecule has 5 nitrogen and oxygen atoms in total. The number of rotatable bonds is 5. The van der Waals surface area contributed by atoms with E-state index in [2.05, 4.69) is 5.32 Å². The first-order valence-corrected chi connectivity index (χ1v) is 10.1. The first kappa shape index (κ1) is 20.0. The van der Waals surface area contributed by atoms with Crippen LogP contribution in [0.2, 0.25) is 5.02 Å². The molecule has 0 spiro atoms. The molecular formula is C24H22ClN3O2. The lowest BCUT2D eigenvalue weighted by atomic mass is 10.1. The summed E-state index contributed by atoms with van der Waals surface area (Å²) in [5.41, 5.74) is 4.34. The summed E-state index contributed by atoms with van der Waals surface area (Å²) in [6, 6.07) is 19.1. The largest absolute Gasteiger partial charge is 0.481 e. The molecular weight excluding hydrogens is 398 g/mol. The van der Waals surface area contributed by atoms with Gasteiger partial charge in [-0.2, -0.15) is 0 Å². The fourth-order valence-corrected chi connectivity index (χ4v) is 3.50. The topological polar surface area (TPSA) is 55.6 Å². The van der Waals surface area contributed by atoms with E-state index in [0.717, 1.165) is 22.3 Å². The highest BCUT2D eigenvalue weighted by Crippen LogP contribution is 2.29. The van der Waals surface area contributed by atoms with Crippen molar-refractivity contribution in [3.63, 3.8) is 0 Å². The van der Waals surface area contributed by atoms with Crippen LogP contribution < -0.4 is 10.1 Å². The predicted molar refractivity (Wildman–Crippen MR) is 120 cm³/mol. The van der Waals surface area contributed by atoms with Crippen molar-refractivity contribution < 1.29 is 9.53 Å². The van der Waals surface area contributed by atoms with Crippen molar-refractivity contribution in [3.8, 4) is 17.0 Å². The number of hydrogen-bond acceptors (Lipinski definition) is 3. The van der Waals surface area contributed by atoms with Crippen LogP contribution >= 0.6 is 11.6 Å². The molecule has 0 bridgehead atoms. The lowest BCUT2D eigenvalue weighted by Crippen LogP contribution is -2.31. The third-order valence-corrected chi connectivity index (χ3v) is 5.10. The summed E-state index contributed by atoms with van der Waals surface area (Å²) in [7, 11) is 0. The van der Waals surface area contributed by atoms with E-state index in [1.165, 1.54) is 0 Å². The molecule has 4 rings (SSSR count). The van der Waals surface area contributed by atoms with Gasteiger partial charge in [-0.05, 0) is 56.2 Å². The molecule has 0 fully saturated rings. The molecule has 0 aliphatic rings. The van der Waals surface area contributed by atoms with Crippen LogP contribution in [0.15, 0.2) is 66.9 Å². The van der Waals surface area contributed by atoms with Crippen molar-refractivity contribution in [2.45, 2.75) is 26.9 Å². The molecule has 0 aliphatic heterocycles. The number of hydrogen-bond donors (Lipinski definition) is 1. The maximum atomic E-state index is 13.0. The van der Waals surface area contributed by atoms with E-state index in [0.29, 0.717) is 22.3 Å². The van der Waals surface area contributed by atoms with E-state index in [9.17, 15) is 4.79 Å². The van der Waals surface area contributed by atoms with Gasteiger partial charge in [0.2, 0.25) is 0 Å². The number of pyridine rings is 1. The summed E-state index contributed by atoms with van der Waals surface area (Å²) < 4.78 is 7.79. The summed E-state index contributed by atoms with van der Waals surface area (Å²) in [6.07, 6.45) is 1.25. The van der Waals surface area contributed by atoms with E-state index >= 15 is 0 Å². The molecule has 1 atom stereocenters. The standard InChI is InChI=1S/C24H22ClN3O2/c1-15-9-12-21-26-22(18-7-5-4-6-8-18)23(28(21)14-15)27-24(29)17(3)30-20-11-10-19(25)13-16(20)2/h4-14,17H,1-3H3,(H,27,29). The second-order valence-corrected chi connectivity index (χ2v) is 7.71. The Hall–Kier alpha value is -3.31. The van der Waals surface area contributed by atoms with Gasteiger partial charge < -0.3 is 10.1 Å². The number of carbonyl (C=O) groups is 1. The summed E-state index contributed by atoms with van der Waals surface area (Å²) in [4.78, 5) is 17.7.